The summed E-state index contributed by atoms with van der Waals surface area (Å²) in [7, 11) is -2.46. The smallest absolute Gasteiger partial charge is 0.300 e. The van der Waals surface area contributed by atoms with E-state index in [1.165, 1.54) is 36.3 Å². The number of alkyl halides is 4. The Morgan fingerprint density at radius 2 is 1.77 bits per heavy atom. The molecule has 338 valence electrons. The van der Waals surface area contributed by atoms with Crippen LogP contribution in [0.2, 0.25) is 0 Å². The zero-order valence-corrected chi connectivity index (χ0v) is 36.1. The van der Waals surface area contributed by atoms with Gasteiger partial charge in [0.05, 0.1) is 40.6 Å². The second kappa shape index (κ2) is 15.4. The van der Waals surface area contributed by atoms with Gasteiger partial charge in [-0.3, -0.25) is 18.8 Å². The molecule has 3 aliphatic carbocycles. The number of nitrogens with zero attached hydrogens (tertiary/aromatic N) is 8. The maximum Gasteiger partial charge on any atom is 0.300 e. The molecule has 23 heteroatoms. The van der Waals surface area contributed by atoms with Crippen LogP contribution in [0.15, 0.2) is 68.8 Å². The van der Waals surface area contributed by atoms with E-state index in [-0.39, 0.29) is 45.3 Å². The van der Waals surface area contributed by atoms with Crippen molar-refractivity contribution < 1.29 is 39.6 Å². The van der Waals surface area contributed by atoms with Crippen LogP contribution in [0.5, 0.6) is 0 Å². The van der Waals surface area contributed by atoms with E-state index in [1.807, 2.05) is 0 Å². The number of hydrogen-bond donors (Lipinski definition) is 3. The molecule has 2 fully saturated rings. The van der Waals surface area contributed by atoms with Gasteiger partial charge in [-0.25, -0.2) is 45.9 Å². The third kappa shape index (κ3) is 7.40. The lowest BCUT2D eigenvalue weighted by atomic mass is 9.91. The van der Waals surface area contributed by atoms with Crippen LogP contribution in [0.4, 0.5) is 26.3 Å². The summed E-state index contributed by atoms with van der Waals surface area (Å²) < 4.78 is 121. The molecule has 3 N–H and O–H groups in total. The highest BCUT2D eigenvalue weighted by Gasteiger charge is 2.77. The maximum absolute atomic E-state index is 16.1. The van der Waals surface area contributed by atoms with Crippen LogP contribution < -0.4 is 16.3 Å². The van der Waals surface area contributed by atoms with Crippen molar-refractivity contribution in [1.29, 1.82) is 5.41 Å². The highest BCUT2D eigenvalue weighted by molar-refractivity contribution is 7.89. The summed E-state index contributed by atoms with van der Waals surface area (Å²) in [4.78, 5) is 43.3. The molecule has 65 heavy (non-hydrogen) atoms. The molecule has 1 saturated heterocycles. The molecule has 2 aromatic carbocycles. The number of halogens is 7. The topological polar surface area (TPSA) is 193 Å². The fourth-order valence-electron chi connectivity index (χ4n) is 9.30. The van der Waals surface area contributed by atoms with E-state index < -0.39 is 105 Å². The van der Waals surface area contributed by atoms with Crippen LogP contribution in [0.1, 0.15) is 64.5 Å². The first kappa shape index (κ1) is 44.0. The van der Waals surface area contributed by atoms with E-state index >= 15 is 13.6 Å². The Morgan fingerprint density at radius 3 is 2.42 bits per heavy atom. The summed E-state index contributed by atoms with van der Waals surface area (Å²) in [5.74, 6) is -9.08. The number of nitrogens with one attached hydrogen (secondary N) is 3. The quantitative estimate of drug-likeness (QED) is 0.105. The van der Waals surface area contributed by atoms with Crippen LogP contribution in [-0.4, -0.2) is 80.0 Å². The Kier molecular flexibility index (Phi) is 10.4. The molecule has 1 amide bonds. The second-order valence-electron chi connectivity index (χ2n) is 16.5. The van der Waals surface area contributed by atoms with Crippen molar-refractivity contribution >= 4 is 56.2 Å². The van der Waals surface area contributed by atoms with E-state index in [0.717, 1.165) is 23.0 Å². The largest absolute Gasteiger partial charge is 0.344 e. The molecule has 0 radical (unpaired) electrons. The minimum absolute atomic E-state index is 0.0352. The maximum atomic E-state index is 16.1. The molecular weight excluding hydrogens is 904 g/mol. The van der Waals surface area contributed by atoms with E-state index in [9.17, 15) is 30.8 Å². The van der Waals surface area contributed by atoms with E-state index in [0.29, 0.717) is 39.7 Å². The number of rotatable bonds is 11. The Bertz CT molecular complexity index is 3130. The van der Waals surface area contributed by atoms with Gasteiger partial charge in [-0.05, 0) is 68.3 Å². The third-order valence-electron chi connectivity index (χ3n) is 12.0. The van der Waals surface area contributed by atoms with Crippen molar-refractivity contribution in [2.24, 2.45) is 15.7 Å². The molecule has 15 nitrogen and oxygen atoms in total. The number of aromatic nitrogens is 6. The normalized spacial score (nSPS) is 23.1. The SMILES string of the molecule is Cc1cc(C)nc(-c2ccc3c(=O)n(C4=CC=C(Cl)C5C(=NS(C)(=O)=O)NN(C)C45)c([C@H](Cc4cc(F)cc(F)c4)NC(=O)Cn4nc(C(F)F)c5c4C(F)(F)C4(C=N)CC54)nc3c2)n1. The van der Waals surface area contributed by atoms with Crippen LogP contribution in [-0.2, 0) is 33.7 Å². The van der Waals surface area contributed by atoms with Gasteiger partial charge in [0.2, 0.25) is 5.91 Å². The lowest BCUT2D eigenvalue weighted by molar-refractivity contribution is -0.123. The number of amidine groups is 1. The van der Waals surface area contributed by atoms with E-state index in [4.69, 9.17) is 22.0 Å². The first-order chi connectivity index (χ1) is 30.6. The molecule has 0 bridgehead atoms. The van der Waals surface area contributed by atoms with E-state index in [1.54, 1.807) is 26.0 Å². The Labute approximate surface area is 370 Å². The van der Waals surface area contributed by atoms with Gasteiger partial charge in [-0.2, -0.15) is 13.9 Å². The molecule has 3 aromatic heterocycles. The van der Waals surface area contributed by atoms with Gasteiger partial charge in [0.1, 0.15) is 41.2 Å². The molecule has 4 aliphatic rings. The van der Waals surface area contributed by atoms with Crippen molar-refractivity contribution in [1.82, 2.24) is 45.1 Å². The zero-order chi connectivity index (χ0) is 46.7. The predicted octanol–water partition coefficient (Wildman–Crippen LogP) is 5.98. The fourth-order valence-corrected chi connectivity index (χ4v) is 10.1. The summed E-state index contributed by atoms with van der Waals surface area (Å²) in [6.45, 7) is 2.48. The average molecular weight is 940 g/mol. The molecule has 1 aliphatic heterocycles. The van der Waals surface area contributed by atoms with Gasteiger partial charge in [0.15, 0.2) is 5.82 Å². The van der Waals surface area contributed by atoms with Gasteiger partial charge in [0, 0.05) is 64.9 Å². The Morgan fingerprint density at radius 1 is 1.08 bits per heavy atom. The molecular formula is C42H36ClF6N11O4S. The molecule has 5 atom stereocenters. The number of fused-ring (bicyclic) bond motifs is 5. The van der Waals surface area contributed by atoms with Crippen molar-refractivity contribution in [3.8, 4) is 11.4 Å². The van der Waals surface area contributed by atoms with Gasteiger partial charge >= 0.3 is 5.92 Å². The number of allylic oxidation sites excluding steroid dienone is 2. The summed E-state index contributed by atoms with van der Waals surface area (Å²) in [5, 5.41) is 15.8. The number of benzene rings is 2. The molecule has 4 unspecified atom stereocenters. The number of likely N-dealkylation sites (N-methyl/N-ethyl adjacent to an activating group) is 1. The van der Waals surface area contributed by atoms with Crippen molar-refractivity contribution in [3.05, 3.63) is 121 Å². The van der Waals surface area contributed by atoms with Crippen molar-refractivity contribution in [2.75, 3.05) is 13.3 Å². The Balaban J connectivity index is 1.23. The molecule has 4 heterocycles. The van der Waals surface area contributed by atoms with Crippen LogP contribution in [0.25, 0.3) is 28.0 Å². The number of sulfonamides is 1. The number of amides is 1. The molecule has 0 spiro atoms. The summed E-state index contributed by atoms with van der Waals surface area (Å²) in [6, 6.07) is 6.41. The van der Waals surface area contributed by atoms with Gasteiger partial charge < -0.3 is 16.2 Å². The predicted molar refractivity (Wildman–Crippen MR) is 226 cm³/mol. The lowest BCUT2D eigenvalue weighted by Crippen LogP contribution is -2.43. The van der Waals surface area contributed by atoms with Crippen molar-refractivity contribution in [2.45, 2.75) is 63.6 Å². The van der Waals surface area contributed by atoms with Crippen LogP contribution >= 0.6 is 11.6 Å². The molecule has 5 aromatic rings. The number of hydrogen-bond acceptors (Lipinski definition) is 10. The van der Waals surface area contributed by atoms with E-state index in [2.05, 4.69) is 30.2 Å². The van der Waals surface area contributed by atoms with Crippen molar-refractivity contribution in [3.63, 3.8) is 0 Å². The molecule has 1 saturated carbocycles. The summed E-state index contributed by atoms with van der Waals surface area (Å²) in [5.41, 5.74) is -0.361. The van der Waals surface area contributed by atoms with Gasteiger partial charge in [-0.1, -0.05) is 17.7 Å². The number of aryl methyl sites for hydroxylation is 2. The van der Waals surface area contributed by atoms with Gasteiger partial charge in [0.25, 0.3) is 22.0 Å². The van der Waals surface area contributed by atoms with Crippen LogP contribution in [0.3, 0.4) is 0 Å². The highest BCUT2D eigenvalue weighted by atomic mass is 35.5. The fraction of sp³-hybridized carbons (Fsp3) is 0.333. The minimum Gasteiger partial charge on any atom is -0.344 e. The number of carbonyl (C=O) groups is 1. The highest BCUT2D eigenvalue weighted by Crippen LogP contribution is 2.76. The lowest BCUT2D eigenvalue weighted by Gasteiger charge is -2.31. The monoisotopic (exact) mass is 939 g/mol. The summed E-state index contributed by atoms with van der Waals surface area (Å²) >= 11 is 6.70. The third-order valence-corrected chi connectivity index (χ3v) is 12.9. The van der Waals surface area contributed by atoms with Gasteiger partial charge in [-0.15, -0.1) is 4.40 Å². The zero-order valence-electron chi connectivity index (χ0n) is 34.5. The number of hydrazine groups is 1. The number of carbonyl (C=O) groups excluding carboxylic acids is 1. The standard InChI is InChI=1S/C42H36ClF6N11O4S/c1-18-9-19(2)52-37(51-18)21-5-6-24-27(13-21)54-39(60(40(24)62)29-8-7-26(43)32-34(29)58(3)56-38(32)57-65(4,63)64)28(12-20-10-22(44)14-23(45)11-20)53-30(61)16-59-35-31(33(55-59)36(46)47)25-15-41(25,17-50)42(35,48)49/h5-11,13-14,17,25,28,32,34,36,50H,12,15-16H2,1-4H3,(H,53,61)(H,56,57)/t25?,28-,32?,34?,41?/m0/s1. The minimum atomic E-state index is -3.99. The van der Waals surface area contributed by atoms with Crippen LogP contribution in [0, 0.1) is 42.2 Å². The first-order valence-electron chi connectivity index (χ1n) is 19.9. The average Bonchev–Trinajstić information content (AvgIpc) is 3.63. The summed E-state index contributed by atoms with van der Waals surface area (Å²) in [6.07, 6.45) is 0.258. The second-order valence-corrected chi connectivity index (χ2v) is 18.6. The Hall–Kier alpha value is -6.26. The first-order valence-corrected chi connectivity index (χ1v) is 22.1. The molecule has 9 rings (SSSR count).